The first-order valence-corrected chi connectivity index (χ1v) is 4.39. The van der Waals surface area contributed by atoms with Crippen LogP contribution in [0.4, 0.5) is 4.39 Å². The van der Waals surface area contributed by atoms with Gasteiger partial charge in [-0.1, -0.05) is 30.3 Å². The minimum absolute atomic E-state index is 0.323. The van der Waals surface area contributed by atoms with Crippen molar-refractivity contribution in [1.82, 2.24) is 4.98 Å². The predicted octanol–water partition coefficient (Wildman–Crippen LogP) is 1.56. The molecule has 3 heteroatoms. The average molecular weight is 189 g/mol. The Morgan fingerprint density at radius 3 is 2.71 bits per heavy atom. The maximum atomic E-state index is 13.2. The van der Waals surface area contributed by atoms with Crippen molar-refractivity contribution in [2.45, 2.75) is 6.54 Å². The van der Waals surface area contributed by atoms with Gasteiger partial charge in [-0.05, 0) is 0 Å². The molecule has 14 heavy (non-hydrogen) atoms. The first kappa shape index (κ1) is 8.81. The van der Waals surface area contributed by atoms with Gasteiger partial charge < -0.3 is 0 Å². The molecule has 0 spiro atoms. The van der Waals surface area contributed by atoms with Gasteiger partial charge in [0.15, 0.2) is 12.7 Å². The zero-order valence-corrected chi connectivity index (χ0v) is 7.60. The summed E-state index contributed by atoms with van der Waals surface area (Å²) in [4.78, 5) is 3.69. The molecule has 1 heterocycles. The predicted molar refractivity (Wildman–Crippen MR) is 49.9 cm³/mol. The molecule has 1 aromatic carbocycles. The van der Waals surface area contributed by atoms with E-state index < -0.39 is 0 Å². The van der Waals surface area contributed by atoms with Crippen molar-refractivity contribution in [2.75, 3.05) is 0 Å². The molecule has 70 valence electrons. The van der Waals surface area contributed by atoms with Gasteiger partial charge in [0, 0.05) is 5.56 Å². The molecule has 0 fully saturated rings. The van der Waals surface area contributed by atoms with Gasteiger partial charge in [0.05, 0.1) is 6.20 Å². The molecule has 0 N–H and O–H groups in total. The molecule has 2 rings (SSSR count). The van der Waals surface area contributed by atoms with Crippen LogP contribution in [0.3, 0.4) is 0 Å². The Labute approximate surface area is 81.7 Å². The summed E-state index contributed by atoms with van der Waals surface area (Å²) < 4.78 is 14.7. The maximum absolute atomic E-state index is 13.2. The molecular weight excluding hydrogens is 179 g/mol. The molecular formula is C11H10FN2+. The SMILES string of the molecule is Fc1cncc[n+]1Cc1ccccc1. The summed E-state index contributed by atoms with van der Waals surface area (Å²) in [6.07, 6.45) is 4.41. The third-order valence-corrected chi connectivity index (χ3v) is 1.98. The number of aromatic nitrogens is 2. The Hall–Kier alpha value is -1.77. The maximum Gasteiger partial charge on any atom is 0.378 e. The van der Waals surface area contributed by atoms with Crippen LogP contribution in [0, 0.1) is 5.95 Å². The van der Waals surface area contributed by atoms with Gasteiger partial charge in [0.25, 0.3) is 0 Å². The van der Waals surface area contributed by atoms with Crippen LogP contribution < -0.4 is 4.57 Å². The number of halogens is 1. The van der Waals surface area contributed by atoms with Crippen molar-refractivity contribution in [1.29, 1.82) is 0 Å². The molecule has 0 saturated carbocycles. The highest BCUT2D eigenvalue weighted by atomic mass is 19.1. The number of hydrogen-bond acceptors (Lipinski definition) is 1. The fraction of sp³-hybridized carbons (Fsp3) is 0.0909. The van der Waals surface area contributed by atoms with E-state index in [1.54, 1.807) is 12.4 Å². The fourth-order valence-electron chi connectivity index (χ4n) is 1.28. The van der Waals surface area contributed by atoms with Gasteiger partial charge in [-0.25, -0.2) is 4.98 Å². The molecule has 0 aliphatic rings. The zero-order valence-electron chi connectivity index (χ0n) is 7.60. The summed E-state index contributed by atoms with van der Waals surface area (Å²) in [5.74, 6) is -0.323. The molecule has 0 aliphatic carbocycles. The molecule has 2 aromatic rings. The quantitative estimate of drug-likeness (QED) is 0.655. The normalized spacial score (nSPS) is 10.1. The van der Waals surface area contributed by atoms with Crippen LogP contribution in [-0.2, 0) is 6.54 Å². The van der Waals surface area contributed by atoms with Crippen LogP contribution in [0.1, 0.15) is 5.56 Å². The largest absolute Gasteiger partial charge is 0.378 e. The van der Waals surface area contributed by atoms with E-state index in [0.29, 0.717) is 6.54 Å². The van der Waals surface area contributed by atoms with Crippen LogP contribution >= 0.6 is 0 Å². The monoisotopic (exact) mass is 189 g/mol. The summed E-state index contributed by atoms with van der Waals surface area (Å²) in [7, 11) is 0. The van der Waals surface area contributed by atoms with Gasteiger partial charge in [-0.2, -0.15) is 4.57 Å². The summed E-state index contributed by atoms with van der Waals surface area (Å²) in [5, 5.41) is 0. The minimum atomic E-state index is -0.323. The Balaban J connectivity index is 2.24. The lowest BCUT2D eigenvalue weighted by Gasteiger charge is -1.96. The number of rotatable bonds is 2. The second kappa shape index (κ2) is 3.96. The molecule has 0 aliphatic heterocycles. The van der Waals surface area contributed by atoms with Crippen LogP contribution in [0.25, 0.3) is 0 Å². The number of benzene rings is 1. The van der Waals surface area contributed by atoms with Gasteiger partial charge in [0.2, 0.25) is 0 Å². The van der Waals surface area contributed by atoms with Crippen molar-refractivity contribution in [3.63, 3.8) is 0 Å². The summed E-state index contributed by atoms with van der Waals surface area (Å²) in [6, 6.07) is 9.75. The Kier molecular flexibility index (Phi) is 2.49. The van der Waals surface area contributed by atoms with E-state index in [9.17, 15) is 4.39 Å². The Morgan fingerprint density at radius 1 is 1.21 bits per heavy atom. The molecule has 1 aromatic heterocycles. The lowest BCUT2D eigenvalue weighted by Crippen LogP contribution is -2.38. The highest BCUT2D eigenvalue weighted by Gasteiger charge is 2.08. The number of hydrogen-bond donors (Lipinski definition) is 0. The minimum Gasteiger partial charge on any atom is -0.249 e. The van der Waals surface area contributed by atoms with Gasteiger partial charge in [-0.3, -0.25) is 0 Å². The standard InChI is InChI=1S/C11H10FN2/c12-11-8-13-6-7-14(11)9-10-4-2-1-3-5-10/h1-8H,9H2/q+1. The van der Waals surface area contributed by atoms with Crippen molar-refractivity contribution < 1.29 is 8.96 Å². The van der Waals surface area contributed by atoms with Crippen LogP contribution in [-0.4, -0.2) is 4.98 Å². The first-order valence-electron chi connectivity index (χ1n) is 4.39. The van der Waals surface area contributed by atoms with Crippen molar-refractivity contribution >= 4 is 0 Å². The third-order valence-electron chi connectivity index (χ3n) is 1.98. The first-order chi connectivity index (χ1) is 6.86. The van der Waals surface area contributed by atoms with E-state index in [1.807, 2.05) is 30.3 Å². The highest BCUT2D eigenvalue weighted by Crippen LogP contribution is 1.97. The smallest absolute Gasteiger partial charge is 0.249 e. The zero-order chi connectivity index (χ0) is 9.80. The highest BCUT2D eigenvalue weighted by molar-refractivity contribution is 5.13. The molecule has 0 bridgehead atoms. The molecule has 0 atom stereocenters. The summed E-state index contributed by atoms with van der Waals surface area (Å²) in [6.45, 7) is 0.537. The Morgan fingerprint density at radius 2 is 2.00 bits per heavy atom. The lowest BCUT2D eigenvalue weighted by molar-refractivity contribution is -0.716. The molecule has 0 saturated heterocycles. The second-order valence-corrected chi connectivity index (χ2v) is 3.01. The molecule has 0 radical (unpaired) electrons. The summed E-state index contributed by atoms with van der Waals surface area (Å²) >= 11 is 0. The summed E-state index contributed by atoms with van der Waals surface area (Å²) in [5.41, 5.74) is 1.07. The van der Waals surface area contributed by atoms with Crippen LogP contribution in [0.5, 0.6) is 0 Å². The number of nitrogens with zero attached hydrogens (tertiary/aromatic N) is 2. The third kappa shape index (κ3) is 1.93. The van der Waals surface area contributed by atoms with E-state index in [-0.39, 0.29) is 5.95 Å². The molecule has 0 unspecified atom stereocenters. The lowest BCUT2D eigenvalue weighted by atomic mass is 10.2. The van der Waals surface area contributed by atoms with Crippen LogP contribution in [0.2, 0.25) is 0 Å². The second-order valence-electron chi connectivity index (χ2n) is 3.01. The van der Waals surface area contributed by atoms with E-state index in [2.05, 4.69) is 4.98 Å². The van der Waals surface area contributed by atoms with E-state index >= 15 is 0 Å². The average Bonchev–Trinajstić information content (AvgIpc) is 2.23. The van der Waals surface area contributed by atoms with Crippen molar-refractivity contribution in [3.8, 4) is 0 Å². The fourth-order valence-corrected chi connectivity index (χ4v) is 1.28. The van der Waals surface area contributed by atoms with E-state index in [0.717, 1.165) is 5.56 Å². The van der Waals surface area contributed by atoms with Crippen LogP contribution in [0.15, 0.2) is 48.9 Å². The van der Waals surface area contributed by atoms with Gasteiger partial charge >= 0.3 is 5.95 Å². The van der Waals surface area contributed by atoms with Crippen molar-refractivity contribution in [3.05, 3.63) is 60.4 Å². The van der Waals surface area contributed by atoms with Gasteiger partial charge in [0.1, 0.15) is 6.20 Å². The van der Waals surface area contributed by atoms with E-state index in [4.69, 9.17) is 0 Å². The van der Waals surface area contributed by atoms with E-state index in [1.165, 1.54) is 10.8 Å². The molecule has 0 amide bonds. The van der Waals surface area contributed by atoms with Crippen molar-refractivity contribution in [2.24, 2.45) is 0 Å². The molecule has 2 nitrogen and oxygen atoms in total. The Bertz CT molecular complexity index is 415. The van der Waals surface area contributed by atoms with Gasteiger partial charge in [-0.15, -0.1) is 4.39 Å². The topological polar surface area (TPSA) is 16.8 Å².